The summed E-state index contributed by atoms with van der Waals surface area (Å²) in [5.41, 5.74) is 11.2. The maximum Gasteiger partial charge on any atom is 0.322 e. The van der Waals surface area contributed by atoms with Crippen LogP contribution in [0.15, 0.2) is 0 Å². The molecule has 2 unspecified atom stereocenters. The summed E-state index contributed by atoms with van der Waals surface area (Å²) >= 11 is 0. The van der Waals surface area contributed by atoms with E-state index >= 15 is 0 Å². The first kappa shape index (κ1) is 24.6. The van der Waals surface area contributed by atoms with Gasteiger partial charge >= 0.3 is 5.97 Å². The molecule has 5 N–H and O–H groups in total. The van der Waals surface area contributed by atoms with Crippen LogP contribution in [0.4, 0.5) is 0 Å². The molecule has 0 aromatic rings. The number of rotatable bonds is 11. The number of esters is 1. The molecule has 0 saturated carbocycles. The second-order valence-corrected chi connectivity index (χ2v) is 7.14. The molecule has 0 rings (SSSR count). The lowest BCUT2D eigenvalue weighted by molar-refractivity contribution is -0.146. The number of hydrogen-bond acceptors (Lipinski definition) is 6. The molecule has 0 aliphatic heterocycles. The number of ether oxygens (including phenoxy) is 1. The zero-order valence-electron chi connectivity index (χ0n) is 14.7. The van der Waals surface area contributed by atoms with Gasteiger partial charge < -0.3 is 16.2 Å². The third kappa shape index (κ3) is 21.3. The van der Waals surface area contributed by atoms with Gasteiger partial charge in [-0.2, -0.15) is 8.42 Å². The van der Waals surface area contributed by atoms with Crippen LogP contribution in [0, 0.1) is 5.92 Å². The minimum Gasteiger partial charge on any atom is -0.464 e. The van der Waals surface area contributed by atoms with E-state index in [-0.39, 0.29) is 5.97 Å². The van der Waals surface area contributed by atoms with E-state index in [1.807, 2.05) is 0 Å². The molecule has 140 valence electrons. The second-order valence-electron chi connectivity index (χ2n) is 5.67. The van der Waals surface area contributed by atoms with Crippen molar-refractivity contribution in [3.05, 3.63) is 0 Å². The number of carbonyl (C=O) groups is 1. The van der Waals surface area contributed by atoms with Gasteiger partial charge in [-0.15, -0.1) is 0 Å². The Bertz CT molecular complexity index is 379. The summed E-state index contributed by atoms with van der Waals surface area (Å²) in [5, 5.41) is 0. The molecule has 7 nitrogen and oxygen atoms in total. The molecule has 0 saturated heterocycles. The highest BCUT2D eigenvalue weighted by Crippen LogP contribution is 2.13. The van der Waals surface area contributed by atoms with E-state index in [4.69, 9.17) is 20.8 Å². The summed E-state index contributed by atoms with van der Waals surface area (Å²) in [7, 11) is -3.67. The van der Waals surface area contributed by atoms with E-state index in [0.717, 1.165) is 25.7 Å². The van der Waals surface area contributed by atoms with Crippen LogP contribution < -0.4 is 11.5 Å². The molecule has 23 heavy (non-hydrogen) atoms. The van der Waals surface area contributed by atoms with Gasteiger partial charge in [-0.25, -0.2) is 0 Å². The van der Waals surface area contributed by atoms with E-state index in [2.05, 4.69) is 13.8 Å². The molecule has 0 radical (unpaired) electrons. The van der Waals surface area contributed by atoms with Gasteiger partial charge in [-0.3, -0.25) is 9.35 Å². The summed E-state index contributed by atoms with van der Waals surface area (Å²) in [5.74, 6) is 0.215. The lowest BCUT2D eigenvalue weighted by Crippen LogP contribution is -2.33. The van der Waals surface area contributed by atoms with Gasteiger partial charge in [0.25, 0.3) is 10.1 Å². The fraction of sp³-hybridized carbons (Fsp3) is 0.933. The Kier molecular flexibility index (Phi) is 15.9. The number of unbranched alkanes of at least 4 members (excludes halogenated alkanes) is 2. The van der Waals surface area contributed by atoms with Gasteiger partial charge in [0.1, 0.15) is 6.04 Å². The average Bonchev–Trinajstić information content (AvgIpc) is 2.45. The zero-order chi connectivity index (χ0) is 18.3. The minimum absolute atomic E-state index is 0.262. The van der Waals surface area contributed by atoms with Crippen LogP contribution in [-0.4, -0.2) is 44.4 Å². The first-order valence-corrected chi connectivity index (χ1v) is 10.0. The van der Waals surface area contributed by atoms with Crippen molar-refractivity contribution in [2.45, 2.75) is 64.8 Å². The van der Waals surface area contributed by atoms with E-state index in [0.29, 0.717) is 31.7 Å². The predicted molar refractivity (Wildman–Crippen MR) is 92.6 cm³/mol. The SMILES string of the molecule is CCCCC(CC)COC(=O)C(N)CCCCN.CS(=O)(=O)O. The van der Waals surface area contributed by atoms with Crippen LogP contribution in [0.3, 0.4) is 0 Å². The molecule has 8 heteroatoms. The Labute approximate surface area is 140 Å². The molecule has 0 bridgehead atoms. The van der Waals surface area contributed by atoms with E-state index < -0.39 is 16.2 Å². The Morgan fingerprint density at radius 3 is 2.17 bits per heavy atom. The van der Waals surface area contributed by atoms with Crippen molar-refractivity contribution in [3.63, 3.8) is 0 Å². The lowest BCUT2D eigenvalue weighted by atomic mass is 10.0. The monoisotopic (exact) mass is 354 g/mol. The molecule has 0 heterocycles. The Morgan fingerprint density at radius 1 is 1.17 bits per heavy atom. The van der Waals surface area contributed by atoms with Crippen molar-refractivity contribution >= 4 is 16.1 Å². The average molecular weight is 355 g/mol. The number of nitrogens with two attached hydrogens (primary N) is 2. The molecular formula is C15H34N2O5S. The highest BCUT2D eigenvalue weighted by atomic mass is 32.2. The van der Waals surface area contributed by atoms with E-state index in [1.54, 1.807) is 0 Å². The Hall–Kier alpha value is -0.700. The van der Waals surface area contributed by atoms with Crippen molar-refractivity contribution in [2.24, 2.45) is 17.4 Å². The smallest absolute Gasteiger partial charge is 0.322 e. The summed E-state index contributed by atoms with van der Waals surface area (Å²) < 4.78 is 31.2. The quantitative estimate of drug-likeness (QED) is 0.292. The van der Waals surface area contributed by atoms with Crippen molar-refractivity contribution in [2.75, 3.05) is 19.4 Å². The number of hydrogen-bond donors (Lipinski definition) is 3. The summed E-state index contributed by atoms with van der Waals surface area (Å²) in [6, 6.07) is -0.486. The predicted octanol–water partition coefficient (Wildman–Crippen LogP) is 1.71. The van der Waals surface area contributed by atoms with Crippen LogP contribution in [0.2, 0.25) is 0 Å². The molecule has 0 aliphatic carbocycles. The highest BCUT2D eigenvalue weighted by Gasteiger charge is 2.16. The summed E-state index contributed by atoms with van der Waals surface area (Å²) in [4.78, 5) is 11.7. The maximum absolute atomic E-state index is 11.7. The Morgan fingerprint density at radius 2 is 1.74 bits per heavy atom. The Balaban J connectivity index is 0. The van der Waals surface area contributed by atoms with Crippen molar-refractivity contribution in [1.29, 1.82) is 0 Å². The number of carbonyl (C=O) groups excluding carboxylic acids is 1. The van der Waals surface area contributed by atoms with Gasteiger partial charge in [0, 0.05) is 0 Å². The van der Waals surface area contributed by atoms with Crippen molar-refractivity contribution in [3.8, 4) is 0 Å². The first-order valence-electron chi connectivity index (χ1n) is 8.20. The molecule has 0 aromatic carbocycles. The largest absolute Gasteiger partial charge is 0.464 e. The third-order valence-electron chi connectivity index (χ3n) is 3.28. The van der Waals surface area contributed by atoms with Crippen LogP contribution >= 0.6 is 0 Å². The van der Waals surface area contributed by atoms with Crippen LogP contribution in [0.1, 0.15) is 58.8 Å². The lowest BCUT2D eigenvalue weighted by Gasteiger charge is -2.16. The highest BCUT2D eigenvalue weighted by molar-refractivity contribution is 7.85. The minimum atomic E-state index is -3.67. The fourth-order valence-electron chi connectivity index (χ4n) is 1.83. The normalized spacial score (nSPS) is 13.7. The van der Waals surface area contributed by atoms with Crippen molar-refractivity contribution in [1.82, 2.24) is 0 Å². The van der Waals surface area contributed by atoms with Gasteiger partial charge in [0.2, 0.25) is 0 Å². The molecule has 0 spiro atoms. The zero-order valence-corrected chi connectivity index (χ0v) is 15.5. The molecule has 2 atom stereocenters. The van der Waals surface area contributed by atoms with Gasteiger partial charge in [0.15, 0.2) is 0 Å². The second kappa shape index (κ2) is 14.9. The molecule has 0 fully saturated rings. The van der Waals surface area contributed by atoms with Gasteiger partial charge in [-0.05, 0) is 31.7 Å². The van der Waals surface area contributed by atoms with Gasteiger partial charge in [-0.1, -0.05) is 39.5 Å². The van der Waals surface area contributed by atoms with Crippen LogP contribution in [0.5, 0.6) is 0 Å². The fourth-order valence-corrected chi connectivity index (χ4v) is 1.83. The molecule has 0 aliphatic rings. The standard InChI is InChI=1S/C14H30N2O2.CH4O3S/c1-3-5-8-12(4-2)11-18-14(17)13(16)9-6-7-10-15;1-5(2,3)4/h12-13H,3-11,15-16H2,1-2H3;1H3,(H,2,3,4). The van der Waals surface area contributed by atoms with Crippen molar-refractivity contribution < 1.29 is 22.5 Å². The summed E-state index contributed by atoms with van der Waals surface area (Å²) in [6.45, 7) is 5.47. The first-order chi connectivity index (χ1) is 10.7. The van der Waals surface area contributed by atoms with E-state index in [1.165, 1.54) is 12.8 Å². The molecule has 0 amide bonds. The van der Waals surface area contributed by atoms with Crippen LogP contribution in [-0.2, 0) is 19.6 Å². The third-order valence-corrected chi connectivity index (χ3v) is 3.28. The topological polar surface area (TPSA) is 133 Å². The van der Waals surface area contributed by atoms with Gasteiger partial charge in [0.05, 0.1) is 12.9 Å². The van der Waals surface area contributed by atoms with Crippen LogP contribution in [0.25, 0.3) is 0 Å². The van der Waals surface area contributed by atoms with E-state index in [9.17, 15) is 13.2 Å². The molecular weight excluding hydrogens is 320 g/mol. The molecule has 0 aromatic heterocycles. The maximum atomic E-state index is 11.7. The summed E-state index contributed by atoms with van der Waals surface area (Å²) in [6.07, 6.45) is 7.74.